The molecule has 3 rings (SSSR count). The number of nitrogens with one attached hydrogen (secondary N) is 1. The van der Waals surface area contributed by atoms with E-state index in [4.69, 9.17) is 4.74 Å². The molecule has 0 saturated heterocycles. The Morgan fingerprint density at radius 2 is 1.86 bits per heavy atom. The third-order valence-corrected chi connectivity index (χ3v) is 5.33. The summed E-state index contributed by atoms with van der Waals surface area (Å²) in [6.45, 7) is 4.28. The molecule has 0 radical (unpaired) electrons. The molecule has 0 fully saturated rings. The molecule has 1 aromatic heterocycles. The molecule has 2 amide bonds. The Kier molecular flexibility index (Phi) is 6.72. The quantitative estimate of drug-likeness (QED) is 0.596. The van der Waals surface area contributed by atoms with E-state index >= 15 is 0 Å². The number of nitrogens with zero attached hydrogens (tertiary/aromatic N) is 2. The monoisotopic (exact) mass is 409 g/mol. The molecule has 0 unspecified atom stereocenters. The summed E-state index contributed by atoms with van der Waals surface area (Å²) in [5.74, 6) is 0.283. The molecule has 29 heavy (non-hydrogen) atoms. The first-order valence-corrected chi connectivity index (χ1v) is 10.2. The molecule has 7 heteroatoms. The molecule has 3 aromatic rings. The number of carbonyl (C=O) groups excluding carboxylic acids is 2. The molecule has 0 aliphatic heterocycles. The van der Waals surface area contributed by atoms with Gasteiger partial charge >= 0.3 is 0 Å². The Balaban J connectivity index is 1.64. The average molecular weight is 410 g/mol. The minimum absolute atomic E-state index is 0.0861. The predicted molar refractivity (Wildman–Crippen MR) is 114 cm³/mol. The minimum Gasteiger partial charge on any atom is -0.497 e. The highest BCUT2D eigenvalue weighted by Gasteiger charge is 2.15. The van der Waals surface area contributed by atoms with Gasteiger partial charge in [0, 0.05) is 18.0 Å². The summed E-state index contributed by atoms with van der Waals surface area (Å²) in [6.07, 6.45) is 3.59. The lowest BCUT2D eigenvalue weighted by Crippen LogP contribution is -2.31. The van der Waals surface area contributed by atoms with Crippen molar-refractivity contribution >= 4 is 23.6 Å². The van der Waals surface area contributed by atoms with Crippen LogP contribution in [0.3, 0.4) is 0 Å². The van der Waals surface area contributed by atoms with Crippen LogP contribution in [0.15, 0.2) is 66.1 Å². The molecule has 150 valence electrons. The van der Waals surface area contributed by atoms with E-state index in [-0.39, 0.29) is 11.7 Å². The first-order chi connectivity index (χ1) is 14.0. The van der Waals surface area contributed by atoms with Gasteiger partial charge in [0.05, 0.1) is 18.6 Å². The summed E-state index contributed by atoms with van der Waals surface area (Å²) in [7, 11) is 1.55. The molecule has 0 saturated carbocycles. The number of methoxy groups -OCH3 is 1. The highest BCUT2D eigenvalue weighted by molar-refractivity contribution is 7.99. The van der Waals surface area contributed by atoms with E-state index in [0.717, 1.165) is 5.69 Å². The maximum absolute atomic E-state index is 12.3. The molecule has 0 atom stereocenters. The van der Waals surface area contributed by atoms with Crippen molar-refractivity contribution in [1.29, 1.82) is 0 Å². The number of amides is 2. The number of rotatable bonds is 7. The topological polar surface area (TPSA) is 73.2 Å². The van der Waals surface area contributed by atoms with Crippen molar-refractivity contribution in [3.05, 3.63) is 72.1 Å². The summed E-state index contributed by atoms with van der Waals surface area (Å²) >= 11 is 1.29. The lowest BCUT2D eigenvalue weighted by Gasteiger charge is -2.15. The van der Waals surface area contributed by atoms with Gasteiger partial charge in [-0.05, 0) is 41.8 Å². The lowest BCUT2D eigenvalue weighted by molar-refractivity contribution is -0.117. The van der Waals surface area contributed by atoms with Crippen molar-refractivity contribution in [3.8, 4) is 11.4 Å². The maximum atomic E-state index is 12.3. The second-order valence-electron chi connectivity index (χ2n) is 6.69. The first-order valence-electron chi connectivity index (χ1n) is 9.23. The van der Waals surface area contributed by atoms with Gasteiger partial charge in [0.15, 0.2) is 5.16 Å². The van der Waals surface area contributed by atoms with Gasteiger partial charge in [-0.25, -0.2) is 4.98 Å². The van der Waals surface area contributed by atoms with Gasteiger partial charge in [-0.15, -0.1) is 0 Å². The van der Waals surface area contributed by atoms with E-state index in [1.165, 1.54) is 17.3 Å². The van der Waals surface area contributed by atoms with Gasteiger partial charge in [0.1, 0.15) is 5.75 Å². The zero-order chi connectivity index (χ0) is 20.8. The third-order valence-electron chi connectivity index (χ3n) is 4.36. The van der Waals surface area contributed by atoms with Gasteiger partial charge in [-0.3, -0.25) is 19.5 Å². The molecule has 1 heterocycles. The fourth-order valence-corrected chi connectivity index (χ4v) is 3.65. The Labute approximate surface area is 174 Å². The van der Waals surface area contributed by atoms with E-state index in [1.807, 2.05) is 29.0 Å². The van der Waals surface area contributed by atoms with Crippen LogP contribution in [0.2, 0.25) is 0 Å². The molecule has 0 bridgehead atoms. The number of imidazole rings is 1. The first kappa shape index (κ1) is 20.7. The van der Waals surface area contributed by atoms with Crippen molar-refractivity contribution in [3.63, 3.8) is 0 Å². The fourth-order valence-electron chi connectivity index (χ4n) is 2.88. The van der Waals surface area contributed by atoms with E-state index in [9.17, 15) is 9.59 Å². The molecular weight excluding hydrogens is 386 g/mol. The Hall–Kier alpha value is -3.06. The Bertz CT molecular complexity index is 997. The van der Waals surface area contributed by atoms with Crippen molar-refractivity contribution < 1.29 is 14.3 Å². The van der Waals surface area contributed by atoms with Gasteiger partial charge in [-0.2, -0.15) is 0 Å². The Morgan fingerprint density at radius 3 is 2.55 bits per heavy atom. The standard InChI is InChI=1S/C22H23N3O3S/c1-15(2)18-6-4-5-7-19(18)25-13-12-23-22(25)29-14-20(26)24-21(27)16-8-10-17(28-3)11-9-16/h4-13,15H,14H2,1-3H3,(H,24,26,27). The molecule has 0 aliphatic rings. The molecule has 6 nitrogen and oxygen atoms in total. The number of ether oxygens (including phenoxy) is 1. The molecule has 2 aromatic carbocycles. The van der Waals surface area contributed by atoms with E-state index in [2.05, 4.69) is 30.2 Å². The number of para-hydroxylation sites is 1. The number of benzene rings is 2. The van der Waals surface area contributed by atoms with Crippen LogP contribution >= 0.6 is 11.8 Å². The summed E-state index contributed by atoms with van der Waals surface area (Å²) in [6, 6.07) is 14.7. The van der Waals surface area contributed by atoms with Gasteiger partial charge in [0.25, 0.3) is 5.91 Å². The van der Waals surface area contributed by atoms with Gasteiger partial charge in [-0.1, -0.05) is 43.8 Å². The number of hydrogen-bond acceptors (Lipinski definition) is 5. The number of carbonyl (C=O) groups is 2. The largest absolute Gasteiger partial charge is 0.497 e. The highest BCUT2D eigenvalue weighted by atomic mass is 32.2. The lowest BCUT2D eigenvalue weighted by atomic mass is 10.0. The van der Waals surface area contributed by atoms with E-state index in [1.54, 1.807) is 37.6 Å². The average Bonchev–Trinajstić information content (AvgIpc) is 3.20. The SMILES string of the molecule is COc1ccc(C(=O)NC(=O)CSc2nccn2-c2ccccc2C(C)C)cc1. The molecular formula is C22H23N3O3S. The fraction of sp³-hybridized carbons (Fsp3) is 0.227. The zero-order valence-corrected chi connectivity index (χ0v) is 17.4. The normalized spacial score (nSPS) is 10.8. The maximum Gasteiger partial charge on any atom is 0.257 e. The van der Waals surface area contributed by atoms with Gasteiger partial charge in [0.2, 0.25) is 5.91 Å². The third kappa shape index (κ3) is 5.06. The number of imide groups is 1. The Morgan fingerprint density at radius 1 is 1.14 bits per heavy atom. The minimum atomic E-state index is -0.438. The number of aromatic nitrogens is 2. The second kappa shape index (κ2) is 9.43. The smallest absolute Gasteiger partial charge is 0.257 e. The highest BCUT2D eigenvalue weighted by Crippen LogP contribution is 2.27. The van der Waals surface area contributed by atoms with Crippen molar-refractivity contribution in [1.82, 2.24) is 14.9 Å². The van der Waals surface area contributed by atoms with Crippen LogP contribution < -0.4 is 10.1 Å². The van der Waals surface area contributed by atoms with Crippen LogP contribution in [-0.4, -0.2) is 34.2 Å². The number of hydrogen-bond donors (Lipinski definition) is 1. The van der Waals surface area contributed by atoms with E-state index in [0.29, 0.717) is 22.4 Å². The summed E-state index contributed by atoms with van der Waals surface area (Å²) in [4.78, 5) is 28.8. The predicted octanol–water partition coefficient (Wildman–Crippen LogP) is 4.05. The second-order valence-corrected chi connectivity index (χ2v) is 7.63. The molecule has 0 spiro atoms. The van der Waals surface area contributed by atoms with Crippen molar-refractivity contribution in [2.24, 2.45) is 0 Å². The number of thioether (sulfide) groups is 1. The zero-order valence-electron chi connectivity index (χ0n) is 16.6. The molecule has 1 N–H and O–H groups in total. The van der Waals surface area contributed by atoms with Crippen molar-refractivity contribution in [2.75, 3.05) is 12.9 Å². The van der Waals surface area contributed by atoms with Crippen LogP contribution in [0, 0.1) is 0 Å². The molecule has 0 aliphatic carbocycles. The van der Waals surface area contributed by atoms with E-state index < -0.39 is 5.91 Å². The van der Waals surface area contributed by atoms with Gasteiger partial charge < -0.3 is 4.74 Å². The van der Waals surface area contributed by atoms with Crippen molar-refractivity contribution in [2.45, 2.75) is 24.9 Å². The van der Waals surface area contributed by atoms with Crippen LogP contribution in [0.4, 0.5) is 0 Å². The summed E-state index contributed by atoms with van der Waals surface area (Å²) in [5.41, 5.74) is 2.64. The van der Waals surface area contributed by atoms with Crippen LogP contribution in [-0.2, 0) is 4.79 Å². The summed E-state index contributed by atoms with van der Waals surface area (Å²) < 4.78 is 7.04. The van der Waals surface area contributed by atoms with Crippen LogP contribution in [0.5, 0.6) is 5.75 Å². The van der Waals surface area contributed by atoms with Crippen LogP contribution in [0.1, 0.15) is 35.7 Å². The summed E-state index contributed by atoms with van der Waals surface area (Å²) in [5, 5.41) is 3.11. The van der Waals surface area contributed by atoms with Crippen LogP contribution in [0.25, 0.3) is 5.69 Å².